The van der Waals surface area contributed by atoms with Gasteiger partial charge >= 0.3 is 0 Å². The molecule has 1 fully saturated rings. The Bertz CT molecular complexity index is 1330. The third kappa shape index (κ3) is 6.29. The second-order valence-electron chi connectivity index (χ2n) is 7.61. The minimum Gasteiger partial charge on any atom is -0.489 e. The molecule has 1 aliphatic heterocycles. The summed E-state index contributed by atoms with van der Waals surface area (Å²) in [6.45, 7) is -0.412. The number of benzene rings is 3. The SMILES string of the molecule is CSc1cccc(NC(=O)CN2C(=O)S/C(=C\c3ccc(OCc4c(F)cccc4Cl)cc3)C2=O)c1. The van der Waals surface area contributed by atoms with Crippen LogP contribution >= 0.6 is 35.1 Å². The van der Waals surface area contributed by atoms with Gasteiger partial charge < -0.3 is 10.1 Å². The van der Waals surface area contributed by atoms with Gasteiger partial charge in [0.1, 0.15) is 24.7 Å². The first-order valence-corrected chi connectivity index (χ1v) is 13.1. The van der Waals surface area contributed by atoms with Gasteiger partial charge in [0.15, 0.2) is 0 Å². The molecule has 0 aromatic heterocycles. The highest BCUT2D eigenvalue weighted by Crippen LogP contribution is 2.32. The van der Waals surface area contributed by atoms with Crippen LogP contribution < -0.4 is 10.1 Å². The van der Waals surface area contributed by atoms with Crippen LogP contribution in [0.25, 0.3) is 6.08 Å². The molecule has 0 atom stereocenters. The summed E-state index contributed by atoms with van der Waals surface area (Å²) >= 11 is 8.33. The summed E-state index contributed by atoms with van der Waals surface area (Å²) in [6, 6.07) is 18.5. The number of nitrogens with zero attached hydrogens (tertiary/aromatic N) is 1. The van der Waals surface area contributed by atoms with Crippen molar-refractivity contribution in [3.63, 3.8) is 0 Å². The minimum absolute atomic E-state index is 0.0343. The number of thioether (sulfide) groups is 2. The van der Waals surface area contributed by atoms with Crippen molar-refractivity contribution in [2.45, 2.75) is 11.5 Å². The summed E-state index contributed by atoms with van der Waals surface area (Å²) in [6.07, 6.45) is 3.50. The summed E-state index contributed by atoms with van der Waals surface area (Å²) in [5.74, 6) is -0.959. The molecule has 1 saturated heterocycles. The molecule has 0 radical (unpaired) electrons. The second-order valence-corrected chi connectivity index (χ2v) is 9.89. The van der Waals surface area contributed by atoms with Gasteiger partial charge in [0.05, 0.1) is 9.93 Å². The highest BCUT2D eigenvalue weighted by molar-refractivity contribution is 8.18. The van der Waals surface area contributed by atoms with E-state index in [2.05, 4.69) is 5.32 Å². The summed E-state index contributed by atoms with van der Waals surface area (Å²) in [5, 5.41) is 2.48. The minimum atomic E-state index is -0.535. The average molecular weight is 543 g/mol. The van der Waals surface area contributed by atoms with E-state index in [4.69, 9.17) is 16.3 Å². The summed E-state index contributed by atoms with van der Waals surface area (Å²) < 4.78 is 19.5. The molecule has 1 heterocycles. The topological polar surface area (TPSA) is 75.7 Å². The average Bonchev–Trinajstić information content (AvgIpc) is 3.12. The maximum absolute atomic E-state index is 13.9. The van der Waals surface area contributed by atoms with Crippen LogP contribution in [-0.2, 0) is 16.2 Å². The number of hydrogen-bond donors (Lipinski definition) is 1. The molecule has 0 spiro atoms. The number of rotatable bonds is 8. The number of hydrogen-bond acceptors (Lipinski definition) is 6. The van der Waals surface area contributed by atoms with Gasteiger partial charge in [-0.3, -0.25) is 19.3 Å². The molecule has 0 bridgehead atoms. The molecule has 0 aliphatic carbocycles. The fourth-order valence-electron chi connectivity index (χ4n) is 3.32. The lowest BCUT2D eigenvalue weighted by Gasteiger charge is -2.12. The smallest absolute Gasteiger partial charge is 0.294 e. The van der Waals surface area contributed by atoms with E-state index in [1.807, 2.05) is 24.5 Å². The highest BCUT2D eigenvalue weighted by Gasteiger charge is 2.36. The monoisotopic (exact) mass is 542 g/mol. The molecule has 3 aromatic rings. The summed E-state index contributed by atoms with van der Waals surface area (Å²) in [4.78, 5) is 39.7. The molecular formula is C26H20ClFN2O4S2. The first-order chi connectivity index (χ1) is 17.3. The number of carbonyl (C=O) groups is 3. The molecule has 3 amide bonds. The molecule has 1 aliphatic rings. The largest absolute Gasteiger partial charge is 0.489 e. The lowest BCUT2D eigenvalue weighted by Crippen LogP contribution is -2.36. The van der Waals surface area contributed by atoms with E-state index >= 15 is 0 Å². The zero-order chi connectivity index (χ0) is 25.7. The fraction of sp³-hybridized carbons (Fsp3) is 0.115. The van der Waals surface area contributed by atoms with Gasteiger partial charge in [-0.1, -0.05) is 35.9 Å². The normalized spacial score (nSPS) is 14.4. The second kappa shape index (κ2) is 11.6. The Morgan fingerprint density at radius 3 is 2.61 bits per heavy atom. The number of amides is 3. The molecule has 0 saturated carbocycles. The summed E-state index contributed by atoms with van der Waals surface area (Å²) in [5.41, 5.74) is 1.52. The maximum atomic E-state index is 13.9. The Labute approximate surface area is 220 Å². The number of nitrogens with one attached hydrogen (secondary N) is 1. The zero-order valence-corrected chi connectivity index (χ0v) is 21.4. The van der Waals surface area contributed by atoms with Crippen LogP contribution in [0.4, 0.5) is 14.9 Å². The van der Waals surface area contributed by atoms with E-state index in [1.165, 1.54) is 23.9 Å². The Morgan fingerprint density at radius 1 is 1.14 bits per heavy atom. The van der Waals surface area contributed by atoms with Crippen molar-refractivity contribution in [3.8, 4) is 5.75 Å². The van der Waals surface area contributed by atoms with E-state index in [1.54, 1.807) is 42.5 Å². The first-order valence-electron chi connectivity index (χ1n) is 10.7. The third-order valence-corrected chi connectivity index (χ3v) is 7.14. The number of carbonyl (C=O) groups excluding carboxylic acids is 3. The predicted octanol–water partition coefficient (Wildman–Crippen LogP) is 6.46. The van der Waals surface area contributed by atoms with Gasteiger partial charge in [-0.05, 0) is 72.1 Å². The van der Waals surface area contributed by atoms with E-state index in [0.717, 1.165) is 21.6 Å². The number of ether oxygens (including phenoxy) is 1. The lowest BCUT2D eigenvalue weighted by molar-refractivity contribution is -0.127. The molecule has 4 rings (SSSR count). The van der Waals surface area contributed by atoms with Gasteiger partial charge in [0.25, 0.3) is 11.1 Å². The van der Waals surface area contributed by atoms with Gasteiger partial charge in [-0.25, -0.2) is 4.39 Å². The van der Waals surface area contributed by atoms with Crippen molar-refractivity contribution in [3.05, 3.63) is 93.6 Å². The maximum Gasteiger partial charge on any atom is 0.294 e. The Hall–Kier alpha value is -3.27. The van der Waals surface area contributed by atoms with Gasteiger partial charge in [0, 0.05) is 16.1 Å². The Balaban J connectivity index is 1.37. The van der Waals surface area contributed by atoms with Crippen LogP contribution in [0.5, 0.6) is 5.75 Å². The molecule has 1 N–H and O–H groups in total. The molecule has 10 heteroatoms. The van der Waals surface area contributed by atoms with Crippen molar-refractivity contribution in [2.24, 2.45) is 0 Å². The number of imide groups is 1. The van der Waals surface area contributed by atoms with Crippen molar-refractivity contribution >= 4 is 63.9 Å². The van der Waals surface area contributed by atoms with Crippen LogP contribution in [-0.4, -0.2) is 34.8 Å². The van der Waals surface area contributed by atoms with E-state index in [0.29, 0.717) is 17.0 Å². The van der Waals surface area contributed by atoms with Gasteiger partial charge in [-0.15, -0.1) is 11.8 Å². The standard InChI is InChI=1S/C26H20ClFN2O4S2/c1-35-19-5-2-4-17(13-19)29-24(31)14-30-25(32)23(36-26(30)33)12-16-8-10-18(11-9-16)34-15-20-21(27)6-3-7-22(20)28/h2-13H,14-15H2,1H3,(H,29,31)/b23-12-. The molecule has 3 aromatic carbocycles. The molecular weight excluding hydrogens is 523 g/mol. The van der Waals surface area contributed by atoms with E-state index in [9.17, 15) is 18.8 Å². The molecule has 36 heavy (non-hydrogen) atoms. The van der Waals surface area contributed by atoms with Crippen molar-refractivity contribution in [2.75, 3.05) is 18.1 Å². The zero-order valence-electron chi connectivity index (χ0n) is 19.0. The van der Waals surface area contributed by atoms with E-state index < -0.39 is 22.9 Å². The fourth-order valence-corrected chi connectivity index (χ4v) is 4.83. The molecule has 184 valence electrons. The highest BCUT2D eigenvalue weighted by atomic mass is 35.5. The van der Waals surface area contributed by atoms with Crippen LogP contribution in [0.3, 0.4) is 0 Å². The number of anilines is 1. The van der Waals surface area contributed by atoms with Crippen molar-refractivity contribution in [1.29, 1.82) is 0 Å². The van der Waals surface area contributed by atoms with Crippen molar-refractivity contribution < 1.29 is 23.5 Å². The Kier molecular flexibility index (Phi) is 8.35. The van der Waals surface area contributed by atoms with Crippen LogP contribution in [0, 0.1) is 5.82 Å². The van der Waals surface area contributed by atoms with E-state index in [-0.39, 0.29) is 28.6 Å². The molecule has 6 nitrogen and oxygen atoms in total. The predicted molar refractivity (Wildman–Crippen MR) is 142 cm³/mol. The van der Waals surface area contributed by atoms with Crippen LogP contribution in [0.1, 0.15) is 11.1 Å². The lowest BCUT2D eigenvalue weighted by atomic mass is 10.2. The van der Waals surface area contributed by atoms with Crippen molar-refractivity contribution in [1.82, 2.24) is 4.90 Å². The number of halogens is 2. The van der Waals surface area contributed by atoms with Crippen LogP contribution in [0.15, 0.2) is 76.5 Å². The molecule has 0 unspecified atom stereocenters. The van der Waals surface area contributed by atoms with Crippen LogP contribution in [0.2, 0.25) is 5.02 Å². The third-order valence-electron chi connectivity index (χ3n) is 5.15. The summed E-state index contributed by atoms with van der Waals surface area (Å²) in [7, 11) is 0. The van der Waals surface area contributed by atoms with Gasteiger partial charge in [-0.2, -0.15) is 0 Å². The Morgan fingerprint density at radius 2 is 1.89 bits per heavy atom. The first kappa shape index (κ1) is 25.8. The quantitative estimate of drug-likeness (QED) is 0.260. The van der Waals surface area contributed by atoms with Gasteiger partial charge in [0.2, 0.25) is 5.91 Å².